The zero-order chi connectivity index (χ0) is 16.1. The number of hydrogen-bond acceptors (Lipinski definition) is 3. The molecule has 6 heteroatoms. The van der Waals surface area contributed by atoms with Crippen molar-refractivity contribution in [2.75, 3.05) is 19.0 Å². The molecule has 2 rings (SSSR count). The van der Waals surface area contributed by atoms with Gasteiger partial charge in [0.15, 0.2) is 11.5 Å². The van der Waals surface area contributed by atoms with Crippen LogP contribution < -0.4 is 14.8 Å². The molecule has 0 bridgehead atoms. The molecule has 0 aliphatic rings. The highest BCUT2D eigenvalue weighted by Crippen LogP contribution is 2.36. The van der Waals surface area contributed by atoms with Crippen LogP contribution in [0.15, 0.2) is 36.4 Å². The third-order valence-corrected chi connectivity index (χ3v) is 3.42. The van der Waals surface area contributed by atoms with E-state index in [0.29, 0.717) is 39.4 Å². The van der Waals surface area contributed by atoms with E-state index in [9.17, 15) is 4.79 Å². The number of benzene rings is 2. The van der Waals surface area contributed by atoms with Crippen LogP contribution in [0.25, 0.3) is 0 Å². The van der Waals surface area contributed by atoms with E-state index in [1.807, 2.05) is 6.92 Å². The molecule has 1 amide bonds. The Bertz CT molecular complexity index is 672. The Labute approximate surface area is 138 Å². The van der Waals surface area contributed by atoms with Crippen LogP contribution in [0.2, 0.25) is 10.0 Å². The fourth-order valence-corrected chi connectivity index (χ4v) is 2.26. The van der Waals surface area contributed by atoms with Gasteiger partial charge in [-0.2, -0.15) is 0 Å². The summed E-state index contributed by atoms with van der Waals surface area (Å²) in [5.41, 5.74) is 1.01. The number of rotatable bonds is 5. The molecule has 0 saturated carbocycles. The van der Waals surface area contributed by atoms with Crippen LogP contribution in [0.5, 0.6) is 11.5 Å². The van der Waals surface area contributed by atoms with Gasteiger partial charge in [-0.1, -0.05) is 23.2 Å². The third kappa shape index (κ3) is 3.84. The van der Waals surface area contributed by atoms with E-state index in [4.69, 9.17) is 32.7 Å². The molecule has 2 aromatic rings. The monoisotopic (exact) mass is 339 g/mol. The van der Waals surface area contributed by atoms with Crippen LogP contribution in [-0.2, 0) is 0 Å². The Balaban J connectivity index is 2.26. The Morgan fingerprint density at radius 3 is 2.45 bits per heavy atom. The van der Waals surface area contributed by atoms with E-state index in [-0.39, 0.29) is 5.91 Å². The number of ether oxygens (including phenoxy) is 2. The van der Waals surface area contributed by atoms with Gasteiger partial charge in [-0.25, -0.2) is 0 Å². The van der Waals surface area contributed by atoms with Crippen molar-refractivity contribution in [2.24, 2.45) is 0 Å². The molecule has 0 fully saturated rings. The Kier molecular flexibility index (Phi) is 5.52. The maximum atomic E-state index is 12.3. The summed E-state index contributed by atoms with van der Waals surface area (Å²) in [5.74, 6) is 0.538. The normalized spacial score (nSPS) is 10.2. The number of nitrogens with one attached hydrogen (secondary N) is 1. The van der Waals surface area contributed by atoms with Crippen LogP contribution in [0.3, 0.4) is 0 Å². The molecular formula is C16H15Cl2NO3. The van der Waals surface area contributed by atoms with Crippen LogP contribution in [0.1, 0.15) is 17.3 Å². The zero-order valence-corrected chi connectivity index (χ0v) is 13.7. The van der Waals surface area contributed by atoms with Crippen molar-refractivity contribution in [2.45, 2.75) is 6.92 Å². The molecule has 0 radical (unpaired) electrons. The number of hydrogen-bond donors (Lipinski definition) is 1. The zero-order valence-electron chi connectivity index (χ0n) is 12.2. The highest BCUT2D eigenvalue weighted by atomic mass is 35.5. The molecule has 116 valence electrons. The van der Waals surface area contributed by atoms with E-state index in [1.54, 1.807) is 36.4 Å². The van der Waals surface area contributed by atoms with Crippen molar-refractivity contribution in [3.63, 3.8) is 0 Å². The molecule has 0 saturated heterocycles. The molecule has 0 atom stereocenters. The van der Waals surface area contributed by atoms with Gasteiger partial charge < -0.3 is 14.8 Å². The Hall–Kier alpha value is -1.91. The fourth-order valence-electron chi connectivity index (χ4n) is 1.87. The van der Waals surface area contributed by atoms with Crippen LogP contribution in [-0.4, -0.2) is 19.6 Å². The molecule has 0 aliphatic carbocycles. The van der Waals surface area contributed by atoms with Gasteiger partial charge in [0.2, 0.25) is 0 Å². The van der Waals surface area contributed by atoms with E-state index >= 15 is 0 Å². The van der Waals surface area contributed by atoms with Gasteiger partial charge >= 0.3 is 0 Å². The second kappa shape index (κ2) is 7.38. The van der Waals surface area contributed by atoms with Gasteiger partial charge in [-0.05, 0) is 43.3 Å². The smallest absolute Gasteiger partial charge is 0.255 e. The molecule has 2 aromatic carbocycles. The number of methoxy groups -OCH3 is 1. The Morgan fingerprint density at radius 2 is 1.86 bits per heavy atom. The van der Waals surface area contributed by atoms with Crippen LogP contribution >= 0.6 is 23.2 Å². The lowest BCUT2D eigenvalue weighted by atomic mass is 10.1. The first-order valence-electron chi connectivity index (χ1n) is 6.62. The maximum absolute atomic E-state index is 12.3. The second-order valence-corrected chi connectivity index (χ2v) is 5.23. The lowest BCUT2D eigenvalue weighted by molar-refractivity contribution is 0.102. The molecule has 4 nitrogen and oxygen atoms in total. The van der Waals surface area contributed by atoms with Crippen LogP contribution in [0, 0.1) is 0 Å². The lowest BCUT2D eigenvalue weighted by Crippen LogP contribution is -2.12. The molecule has 0 spiro atoms. The highest BCUT2D eigenvalue weighted by molar-refractivity contribution is 6.33. The molecule has 22 heavy (non-hydrogen) atoms. The second-order valence-electron chi connectivity index (χ2n) is 4.38. The standard InChI is InChI=1S/C16H15Cl2NO3/c1-3-22-15-13(18)8-10(9-14(15)21-2)16(20)19-12-6-4-11(17)5-7-12/h4-9H,3H2,1-2H3,(H,19,20). The van der Waals surface area contributed by atoms with Gasteiger partial charge in [-0.3, -0.25) is 4.79 Å². The summed E-state index contributed by atoms with van der Waals surface area (Å²) in [6, 6.07) is 9.95. The number of carbonyl (C=O) groups is 1. The van der Waals surface area contributed by atoms with E-state index in [2.05, 4.69) is 5.32 Å². The maximum Gasteiger partial charge on any atom is 0.255 e. The predicted molar refractivity (Wildman–Crippen MR) is 88.6 cm³/mol. The first kappa shape index (κ1) is 16.5. The van der Waals surface area contributed by atoms with Crippen molar-refractivity contribution < 1.29 is 14.3 Å². The SMILES string of the molecule is CCOc1c(Cl)cc(C(=O)Nc2ccc(Cl)cc2)cc1OC. The number of amides is 1. The minimum Gasteiger partial charge on any atom is -0.493 e. The first-order valence-corrected chi connectivity index (χ1v) is 7.38. The summed E-state index contributed by atoms with van der Waals surface area (Å²) in [6.45, 7) is 2.29. The van der Waals surface area contributed by atoms with Gasteiger partial charge in [-0.15, -0.1) is 0 Å². The van der Waals surface area contributed by atoms with Gasteiger partial charge in [0, 0.05) is 16.3 Å². The molecule has 0 heterocycles. The average Bonchev–Trinajstić information content (AvgIpc) is 2.51. The summed E-state index contributed by atoms with van der Waals surface area (Å²) in [5, 5.41) is 3.69. The number of halogens is 2. The number of anilines is 1. The summed E-state index contributed by atoms with van der Waals surface area (Å²) < 4.78 is 10.7. The van der Waals surface area contributed by atoms with E-state index in [0.717, 1.165) is 0 Å². The summed E-state index contributed by atoms with van der Waals surface area (Å²) in [6.07, 6.45) is 0. The van der Waals surface area contributed by atoms with Gasteiger partial charge in [0.05, 0.1) is 18.7 Å². The summed E-state index contributed by atoms with van der Waals surface area (Å²) in [7, 11) is 1.50. The average molecular weight is 340 g/mol. The van der Waals surface area contributed by atoms with Crippen molar-refractivity contribution in [1.29, 1.82) is 0 Å². The van der Waals surface area contributed by atoms with Gasteiger partial charge in [0.25, 0.3) is 5.91 Å². The van der Waals surface area contributed by atoms with E-state index in [1.165, 1.54) is 7.11 Å². The van der Waals surface area contributed by atoms with E-state index < -0.39 is 0 Å². The molecule has 0 unspecified atom stereocenters. The topological polar surface area (TPSA) is 47.6 Å². The van der Waals surface area contributed by atoms with Crippen molar-refractivity contribution in [3.8, 4) is 11.5 Å². The summed E-state index contributed by atoms with van der Waals surface area (Å²) >= 11 is 12.0. The van der Waals surface area contributed by atoms with Crippen molar-refractivity contribution in [1.82, 2.24) is 0 Å². The van der Waals surface area contributed by atoms with Crippen molar-refractivity contribution in [3.05, 3.63) is 52.0 Å². The van der Waals surface area contributed by atoms with Gasteiger partial charge in [0.1, 0.15) is 0 Å². The molecule has 0 aromatic heterocycles. The number of carbonyl (C=O) groups excluding carboxylic acids is 1. The quantitative estimate of drug-likeness (QED) is 0.862. The molecule has 1 N–H and O–H groups in total. The summed E-state index contributed by atoms with van der Waals surface area (Å²) in [4.78, 5) is 12.3. The molecule has 0 aliphatic heterocycles. The fraction of sp³-hybridized carbons (Fsp3) is 0.188. The minimum absolute atomic E-state index is 0.300. The highest BCUT2D eigenvalue weighted by Gasteiger charge is 2.15. The van der Waals surface area contributed by atoms with Crippen molar-refractivity contribution >= 4 is 34.8 Å². The first-order chi connectivity index (χ1) is 10.5. The Morgan fingerprint density at radius 1 is 1.18 bits per heavy atom. The van der Waals surface area contributed by atoms with Crippen LogP contribution in [0.4, 0.5) is 5.69 Å². The predicted octanol–water partition coefficient (Wildman–Crippen LogP) is 4.65. The molecular weight excluding hydrogens is 325 g/mol. The minimum atomic E-state index is -0.300. The third-order valence-electron chi connectivity index (χ3n) is 2.88. The lowest BCUT2D eigenvalue weighted by Gasteiger charge is -2.13. The largest absolute Gasteiger partial charge is 0.493 e.